The number of benzene rings is 1. The van der Waals surface area contributed by atoms with E-state index in [-0.39, 0.29) is 0 Å². The van der Waals surface area contributed by atoms with Crippen molar-refractivity contribution < 1.29 is 4.74 Å². The van der Waals surface area contributed by atoms with Crippen molar-refractivity contribution in [1.29, 1.82) is 0 Å². The van der Waals surface area contributed by atoms with Gasteiger partial charge in [0.05, 0.1) is 19.3 Å². The predicted octanol–water partition coefficient (Wildman–Crippen LogP) is 3.81. The Morgan fingerprint density at radius 1 is 1.43 bits per heavy atom. The topological polar surface area (TPSA) is 24.5 Å². The first-order chi connectivity index (χ1) is 10.1. The van der Waals surface area contributed by atoms with Crippen LogP contribution in [0.4, 0.5) is 5.69 Å². The largest absolute Gasteiger partial charge is 0.377 e. The van der Waals surface area contributed by atoms with Gasteiger partial charge in [-0.25, -0.2) is 0 Å². The molecule has 0 aromatic heterocycles. The van der Waals surface area contributed by atoms with Gasteiger partial charge in [-0.2, -0.15) is 0 Å². The summed E-state index contributed by atoms with van der Waals surface area (Å²) in [6.07, 6.45) is 1.12. The highest BCUT2D eigenvalue weighted by atomic mass is 79.9. The molecule has 0 spiro atoms. The van der Waals surface area contributed by atoms with Gasteiger partial charge in [-0.05, 0) is 42.6 Å². The number of hydrogen-bond donors (Lipinski definition) is 1. The fourth-order valence-corrected chi connectivity index (χ4v) is 3.19. The van der Waals surface area contributed by atoms with Gasteiger partial charge in [0, 0.05) is 23.2 Å². The van der Waals surface area contributed by atoms with Crippen LogP contribution in [0.5, 0.6) is 0 Å². The van der Waals surface area contributed by atoms with Crippen molar-refractivity contribution >= 4 is 21.6 Å². The lowest BCUT2D eigenvalue weighted by atomic mass is 10.1. The van der Waals surface area contributed by atoms with E-state index in [1.165, 1.54) is 11.3 Å². The van der Waals surface area contributed by atoms with Crippen molar-refractivity contribution in [3.63, 3.8) is 0 Å². The van der Waals surface area contributed by atoms with Crippen LogP contribution in [0.15, 0.2) is 22.7 Å². The zero-order valence-corrected chi connectivity index (χ0v) is 14.9. The molecule has 1 unspecified atom stereocenters. The van der Waals surface area contributed by atoms with E-state index in [0.29, 0.717) is 12.0 Å². The Hall–Kier alpha value is -0.580. The summed E-state index contributed by atoms with van der Waals surface area (Å²) in [7, 11) is 0. The molecule has 0 bridgehead atoms. The number of nitrogens with one attached hydrogen (secondary N) is 1. The molecule has 0 radical (unpaired) electrons. The second-order valence-electron chi connectivity index (χ2n) is 6.13. The van der Waals surface area contributed by atoms with Crippen molar-refractivity contribution in [1.82, 2.24) is 5.32 Å². The van der Waals surface area contributed by atoms with Gasteiger partial charge in [0.2, 0.25) is 0 Å². The standard InChI is InChI=1S/C17H27BrN2O/c1-4-16-12-21-8-7-20(16)17-6-5-15(18)9-14(17)11-19-10-13(2)3/h5-6,9,13,16,19H,4,7-8,10-12H2,1-3H3. The fraction of sp³-hybridized carbons (Fsp3) is 0.647. The smallest absolute Gasteiger partial charge is 0.0670 e. The van der Waals surface area contributed by atoms with Gasteiger partial charge in [0.25, 0.3) is 0 Å². The molecule has 21 heavy (non-hydrogen) atoms. The van der Waals surface area contributed by atoms with Crippen LogP contribution in [-0.2, 0) is 11.3 Å². The molecule has 2 rings (SSSR count). The molecule has 0 aliphatic carbocycles. The monoisotopic (exact) mass is 354 g/mol. The van der Waals surface area contributed by atoms with Gasteiger partial charge in [-0.1, -0.05) is 36.7 Å². The van der Waals surface area contributed by atoms with Crippen molar-refractivity contribution in [2.24, 2.45) is 5.92 Å². The number of halogens is 1. The molecule has 0 saturated carbocycles. The van der Waals surface area contributed by atoms with E-state index < -0.39 is 0 Å². The van der Waals surface area contributed by atoms with Crippen molar-refractivity contribution in [2.45, 2.75) is 39.8 Å². The van der Waals surface area contributed by atoms with Crippen LogP contribution in [0, 0.1) is 5.92 Å². The number of ether oxygens (including phenoxy) is 1. The highest BCUT2D eigenvalue weighted by Gasteiger charge is 2.23. The maximum absolute atomic E-state index is 5.63. The Balaban J connectivity index is 2.16. The van der Waals surface area contributed by atoms with Crippen LogP contribution >= 0.6 is 15.9 Å². The van der Waals surface area contributed by atoms with E-state index in [1.807, 2.05) is 0 Å². The Labute approximate surface area is 137 Å². The molecule has 0 amide bonds. The first-order valence-electron chi connectivity index (χ1n) is 7.95. The molecule has 1 N–H and O–H groups in total. The number of hydrogen-bond acceptors (Lipinski definition) is 3. The Kier molecular flexibility index (Phi) is 6.52. The van der Waals surface area contributed by atoms with Crippen molar-refractivity contribution in [2.75, 3.05) is 31.2 Å². The lowest BCUT2D eigenvalue weighted by Crippen LogP contribution is -2.45. The fourth-order valence-electron chi connectivity index (χ4n) is 2.78. The Morgan fingerprint density at radius 3 is 2.95 bits per heavy atom. The zero-order chi connectivity index (χ0) is 15.2. The maximum atomic E-state index is 5.63. The summed E-state index contributed by atoms with van der Waals surface area (Å²) < 4.78 is 6.78. The molecule has 3 nitrogen and oxygen atoms in total. The lowest BCUT2D eigenvalue weighted by Gasteiger charge is -2.38. The average Bonchev–Trinajstić information content (AvgIpc) is 2.47. The molecular formula is C17H27BrN2O. The van der Waals surface area contributed by atoms with Crippen LogP contribution in [0.1, 0.15) is 32.8 Å². The predicted molar refractivity (Wildman–Crippen MR) is 92.9 cm³/mol. The first-order valence-corrected chi connectivity index (χ1v) is 8.74. The maximum Gasteiger partial charge on any atom is 0.0670 e. The minimum atomic E-state index is 0.490. The van der Waals surface area contributed by atoms with Crippen LogP contribution in [0.3, 0.4) is 0 Å². The number of nitrogens with zero attached hydrogens (tertiary/aromatic N) is 1. The van der Waals surface area contributed by atoms with Gasteiger partial charge in [0.1, 0.15) is 0 Å². The Morgan fingerprint density at radius 2 is 2.24 bits per heavy atom. The van der Waals surface area contributed by atoms with Crippen LogP contribution in [0.25, 0.3) is 0 Å². The van der Waals surface area contributed by atoms with E-state index in [2.05, 4.69) is 65.1 Å². The molecule has 1 saturated heterocycles. The van der Waals surface area contributed by atoms with Crippen LogP contribution in [0.2, 0.25) is 0 Å². The minimum Gasteiger partial charge on any atom is -0.377 e. The van der Waals surface area contributed by atoms with E-state index in [9.17, 15) is 0 Å². The minimum absolute atomic E-state index is 0.490. The summed E-state index contributed by atoms with van der Waals surface area (Å²) in [5.74, 6) is 0.673. The molecule has 1 aliphatic heterocycles. The summed E-state index contributed by atoms with van der Waals surface area (Å²) in [6, 6.07) is 7.11. The summed E-state index contributed by atoms with van der Waals surface area (Å²) in [4.78, 5) is 2.52. The Bertz CT molecular complexity index is 450. The first kappa shape index (κ1) is 16.8. The summed E-state index contributed by atoms with van der Waals surface area (Å²) in [6.45, 7) is 11.3. The van der Waals surface area contributed by atoms with Crippen molar-refractivity contribution in [3.8, 4) is 0 Å². The van der Waals surface area contributed by atoms with E-state index >= 15 is 0 Å². The lowest BCUT2D eigenvalue weighted by molar-refractivity contribution is 0.0929. The van der Waals surface area contributed by atoms with Gasteiger partial charge in [0.15, 0.2) is 0 Å². The van der Waals surface area contributed by atoms with Gasteiger partial charge >= 0.3 is 0 Å². The van der Waals surface area contributed by atoms with E-state index in [1.54, 1.807) is 0 Å². The molecule has 1 atom stereocenters. The normalized spacial score (nSPS) is 19.3. The zero-order valence-electron chi connectivity index (χ0n) is 13.4. The number of anilines is 1. The quantitative estimate of drug-likeness (QED) is 0.840. The molecular weight excluding hydrogens is 328 g/mol. The highest BCUT2D eigenvalue weighted by Crippen LogP contribution is 2.28. The summed E-state index contributed by atoms with van der Waals surface area (Å²) in [5, 5.41) is 3.56. The summed E-state index contributed by atoms with van der Waals surface area (Å²) in [5.41, 5.74) is 2.72. The highest BCUT2D eigenvalue weighted by molar-refractivity contribution is 9.10. The molecule has 1 fully saturated rings. The van der Waals surface area contributed by atoms with Crippen LogP contribution in [-0.4, -0.2) is 32.3 Å². The second-order valence-corrected chi connectivity index (χ2v) is 7.04. The molecule has 118 valence electrons. The van der Waals surface area contributed by atoms with Gasteiger partial charge in [-0.15, -0.1) is 0 Å². The number of morpholine rings is 1. The number of rotatable bonds is 6. The third-order valence-electron chi connectivity index (χ3n) is 3.92. The third kappa shape index (κ3) is 4.70. The summed E-state index contributed by atoms with van der Waals surface area (Å²) >= 11 is 3.60. The van der Waals surface area contributed by atoms with E-state index in [4.69, 9.17) is 4.74 Å². The van der Waals surface area contributed by atoms with Crippen molar-refractivity contribution in [3.05, 3.63) is 28.2 Å². The second kappa shape index (κ2) is 8.16. The molecule has 1 aromatic carbocycles. The third-order valence-corrected chi connectivity index (χ3v) is 4.41. The SMILES string of the molecule is CCC1COCCN1c1ccc(Br)cc1CNCC(C)C. The van der Waals surface area contributed by atoms with Crippen LogP contribution < -0.4 is 10.2 Å². The van der Waals surface area contributed by atoms with Gasteiger partial charge < -0.3 is 15.0 Å². The van der Waals surface area contributed by atoms with E-state index in [0.717, 1.165) is 43.7 Å². The molecule has 1 aromatic rings. The average molecular weight is 355 g/mol. The van der Waals surface area contributed by atoms with Gasteiger partial charge in [-0.3, -0.25) is 0 Å². The molecule has 1 heterocycles. The molecule has 4 heteroatoms. The molecule has 1 aliphatic rings.